The molecule has 1 fully saturated rings. The van der Waals surface area contributed by atoms with Crippen molar-refractivity contribution in [1.29, 1.82) is 0 Å². The molecular weight excluding hydrogens is 320 g/mol. The molecule has 2 rings (SSSR count). The summed E-state index contributed by atoms with van der Waals surface area (Å²) in [5.74, 6) is 0.399. The Morgan fingerprint density at radius 2 is 2.30 bits per heavy atom. The summed E-state index contributed by atoms with van der Waals surface area (Å²) in [5, 5.41) is 0. The third kappa shape index (κ3) is 3.81. The molecule has 1 amide bonds. The summed E-state index contributed by atoms with van der Waals surface area (Å²) in [7, 11) is 0. The number of ether oxygens (including phenoxy) is 1. The molecule has 0 saturated carbocycles. The molecule has 2 atom stereocenters. The molecule has 0 radical (unpaired) electrons. The Hall–Kier alpha value is -0.910. The fraction of sp³-hybridized carbons (Fsp3) is 0.533. The number of rotatable bonds is 4. The van der Waals surface area contributed by atoms with Gasteiger partial charge in [-0.15, -0.1) is 0 Å². The minimum absolute atomic E-state index is 0.0588. The summed E-state index contributed by atoms with van der Waals surface area (Å²) in [4.78, 5) is 14.1. The fourth-order valence-electron chi connectivity index (χ4n) is 2.31. The van der Waals surface area contributed by atoms with Crippen LogP contribution in [0.15, 0.2) is 28.7 Å². The van der Waals surface area contributed by atoms with Crippen molar-refractivity contribution in [3.05, 3.63) is 34.3 Å². The van der Waals surface area contributed by atoms with Gasteiger partial charge in [-0.1, -0.05) is 41.1 Å². The van der Waals surface area contributed by atoms with Crippen LogP contribution in [0.3, 0.4) is 0 Å². The van der Waals surface area contributed by atoms with Crippen molar-refractivity contribution in [2.24, 2.45) is 11.7 Å². The lowest BCUT2D eigenvalue weighted by Gasteiger charge is -2.34. The van der Waals surface area contributed by atoms with Gasteiger partial charge in [-0.05, 0) is 24.1 Å². The average Bonchev–Trinajstić information content (AvgIpc) is 2.47. The summed E-state index contributed by atoms with van der Waals surface area (Å²) < 4.78 is 6.83. The van der Waals surface area contributed by atoms with E-state index in [4.69, 9.17) is 10.5 Å². The Kier molecular flexibility index (Phi) is 5.57. The number of hydrogen-bond donors (Lipinski definition) is 1. The second kappa shape index (κ2) is 7.20. The Balaban J connectivity index is 2.02. The van der Waals surface area contributed by atoms with Crippen molar-refractivity contribution in [3.8, 4) is 0 Å². The van der Waals surface area contributed by atoms with Crippen LogP contribution in [0.4, 0.5) is 0 Å². The zero-order chi connectivity index (χ0) is 14.5. The Morgan fingerprint density at radius 3 is 3.00 bits per heavy atom. The normalized spacial score (nSPS) is 20.8. The number of benzene rings is 1. The Morgan fingerprint density at radius 1 is 1.55 bits per heavy atom. The van der Waals surface area contributed by atoms with Crippen LogP contribution in [0.25, 0.3) is 0 Å². The average molecular weight is 341 g/mol. The zero-order valence-electron chi connectivity index (χ0n) is 11.7. The van der Waals surface area contributed by atoms with Crippen molar-refractivity contribution in [3.63, 3.8) is 0 Å². The van der Waals surface area contributed by atoms with Crippen LogP contribution in [-0.4, -0.2) is 37.0 Å². The molecule has 2 N–H and O–H groups in total. The van der Waals surface area contributed by atoms with E-state index in [9.17, 15) is 4.79 Å². The second-order valence-corrected chi connectivity index (χ2v) is 6.12. The van der Waals surface area contributed by atoms with Gasteiger partial charge in [-0.2, -0.15) is 0 Å². The van der Waals surface area contributed by atoms with Gasteiger partial charge in [0.25, 0.3) is 0 Å². The summed E-state index contributed by atoms with van der Waals surface area (Å²) >= 11 is 3.54. The van der Waals surface area contributed by atoms with Crippen LogP contribution in [-0.2, 0) is 9.53 Å². The minimum Gasteiger partial charge on any atom is -0.370 e. The summed E-state index contributed by atoms with van der Waals surface area (Å²) in [6, 6.07) is 7.99. The standard InChI is InChI=1S/C15H21BrN2O2/c1-11(9-17)8-15(19)18-6-7-20-14(10-18)12-4-2-3-5-13(12)16/h2-5,11,14H,6-10,17H2,1H3/t11-,14+/m0/s1. The number of morpholine rings is 1. The quantitative estimate of drug-likeness (QED) is 0.915. The van der Waals surface area contributed by atoms with E-state index in [-0.39, 0.29) is 17.9 Å². The Bertz CT molecular complexity index is 467. The predicted molar refractivity (Wildman–Crippen MR) is 82.3 cm³/mol. The maximum absolute atomic E-state index is 12.2. The van der Waals surface area contributed by atoms with Crippen LogP contribution < -0.4 is 5.73 Å². The molecule has 110 valence electrons. The molecule has 0 aliphatic carbocycles. The third-order valence-corrected chi connectivity index (χ3v) is 4.32. The molecule has 1 aliphatic heterocycles. The molecular formula is C15H21BrN2O2. The van der Waals surface area contributed by atoms with Crippen molar-refractivity contribution < 1.29 is 9.53 Å². The molecule has 0 unspecified atom stereocenters. The number of amides is 1. The van der Waals surface area contributed by atoms with Gasteiger partial charge < -0.3 is 15.4 Å². The first kappa shape index (κ1) is 15.5. The first-order valence-electron chi connectivity index (χ1n) is 6.95. The van der Waals surface area contributed by atoms with E-state index in [0.717, 1.165) is 10.0 Å². The maximum atomic E-state index is 12.2. The first-order chi connectivity index (χ1) is 9.61. The Labute approximate surface area is 128 Å². The van der Waals surface area contributed by atoms with Crippen LogP contribution in [0.1, 0.15) is 25.0 Å². The summed E-state index contributed by atoms with van der Waals surface area (Å²) in [6.45, 7) is 4.40. The predicted octanol–water partition coefficient (Wildman–Crippen LogP) is 2.33. The van der Waals surface area contributed by atoms with E-state index in [1.54, 1.807) is 0 Å². The van der Waals surface area contributed by atoms with Gasteiger partial charge in [0, 0.05) is 17.4 Å². The lowest BCUT2D eigenvalue weighted by Crippen LogP contribution is -2.43. The maximum Gasteiger partial charge on any atom is 0.223 e. The van der Waals surface area contributed by atoms with E-state index < -0.39 is 0 Å². The van der Waals surface area contributed by atoms with Gasteiger partial charge in [0.1, 0.15) is 6.10 Å². The highest BCUT2D eigenvalue weighted by atomic mass is 79.9. The van der Waals surface area contributed by atoms with Gasteiger partial charge >= 0.3 is 0 Å². The number of nitrogens with zero attached hydrogens (tertiary/aromatic N) is 1. The molecule has 4 nitrogen and oxygen atoms in total. The van der Waals surface area contributed by atoms with Crippen LogP contribution in [0.5, 0.6) is 0 Å². The molecule has 0 aromatic heterocycles. The number of carbonyl (C=O) groups is 1. The van der Waals surface area contributed by atoms with E-state index >= 15 is 0 Å². The largest absolute Gasteiger partial charge is 0.370 e. The van der Waals surface area contributed by atoms with Crippen LogP contribution in [0.2, 0.25) is 0 Å². The SMILES string of the molecule is C[C@H](CN)CC(=O)N1CCO[C@@H](c2ccccc2Br)C1. The molecule has 1 heterocycles. The van der Waals surface area contributed by atoms with Gasteiger partial charge in [0.15, 0.2) is 0 Å². The highest BCUT2D eigenvalue weighted by molar-refractivity contribution is 9.10. The van der Waals surface area contributed by atoms with Crippen molar-refractivity contribution in [1.82, 2.24) is 4.90 Å². The number of carbonyl (C=O) groups excluding carboxylic acids is 1. The zero-order valence-corrected chi connectivity index (χ0v) is 13.3. The number of halogens is 1. The lowest BCUT2D eigenvalue weighted by molar-refractivity contribution is -0.139. The van der Waals surface area contributed by atoms with Crippen LogP contribution in [0, 0.1) is 5.92 Å². The minimum atomic E-state index is -0.0588. The molecule has 1 aliphatic rings. The number of hydrogen-bond acceptors (Lipinski definition) is 3. The fourth-order valence-corrected chi connectivity index (χ4v) is 2.85. The topological polar surface area (TPSA) is 55.6 Å². The van der Waals surface area contributed by atoms with Gasteiger partial charge in [0.05, 0.1) is 13.2 Å². The number of nitrogens with two attached hydrogens (primary N) is 1. The summed E-state index contributed by atoms with van der Waals surface area (Å²) in [6.07, 6.45) is 0.454. The highest BCUT2D eigenvalue weighted by Gasteiger charge is 2.26. The van der Waals surface area contributed by atoms with E-state index in [0.29, 0.717) is 32.7 Å². The molecule has 1 saturated heterocycles. The van der Waals surface area contributed by atoms with Crippen molar-refractivity contribution in [2.45, 2.75) is 19.4 Å². The van der Waals surface area contributed by atoms with Crippen LogP contribution >= 0.6 is 15.9 Å². The van der Waals surface area contributed by atoms with E-state index in [2.05, 4.69) is 15.9 Å². The highest BCUT2D eigenvalue weighted by Crippen LogP contribution is 2.28. The summed E-state index contributed by atoms with van der Waals surface area (Å²) in [5.41, 5.74) is 6.68. The molecule has 0 spiro atoms. The van der Waals surface area contributed by atoms with Gasteiger partial charge in [-0.25, -0.2) is 0 Å². The van der Waals surface area contributed by atoms with E-state index in [1.165, 1.54) is 0 Å². The van der Waals surface area contributed by atoms with E-state index in [1.807, 2.05) is 36.1 Å². The monoisotopic (exact) mass is 340 g/mol. The smallest absolute Gasteiger partial charge is 0.223 e. The van der Waals surface area contributed by atoms with Gasteiger partial charge in [0.2, 0.25) is 5.91 Å². The third-order valence-electron chi connectivity index (χ3n) is 3.60. The molecule has 1 aromatic carbocycles. The molecule has 5 heteroatoms. The molecule has 1 aromatic rings. The molecule has 0 bridgehead atoms. The lowest BCUT2D eigenvalue weighted by atomic mass is 10.1. The van der Waals surface area contributed by atoms with Gasteiger partial charge in [-0.3, -0.25) is 4.79 Å². The van der Waals surface area contributed by atoms with Crippen molar-refractivity contribution in [2.75, 3.05) is 26.2 Å². The first-order valence-corrected chi connectivity index (χ1v) is 7.75. The van der Waals surface area contributed by atoms with Crippen molar-refractivity contribution >= 4 is 21.8 Å². The molecule has 20 heavy (non-hydrogen) atoms. The second-order valence-electron chi connectivity index (χ2n) is 5.27.